The predicted octanol–water partition coefficient (Wildman–Crippen LogP) is 3.76. The molecule has 0 aliphatic carbocycles. The van der Waals surface area contributed by atoms with Gasteiger partial charge in [0.2, 0.25) is 0 Å². The summed E-state index contributed by atoms with van der Waals surface area (Å²) in [7, 11) is 0. The molecular formula is C17H18INO3. The van der Waals surface area contributed by atoms with E-state index < -0.39 is 0 Å². The minimum atomic E-state index is -0.191. The van der Waals surface area contributed by atoms with Gasteiger partial charge in [0.1, 0.15) is 10.3 Å². The molecule has 2 rings (SSSR count). The Bertz CT molecular complexity index is 617. The number of aryl methyl sites for hydroxylation is 1. The molecule has 0 radical (unpaired) electrons. The van der Waals surface area contributed by atoms with Crippen molar-refractivity contribution in [3.8, 4) is 5.75 Å². The first-order chi connectivity index (χ1) is 10.7. The molecule has 1 heterocycles. The molecule has 0 N–H and O–H groups in total. The van der Waals surface area contributed by atoms with Gasteiger partial charge >= 0.3 is 5.97 Å². The van der Waals surface area contributed by atoms with Crippen LogP contribution in [0, 0.1) is 3.70 Å². The number of pyridine rings is 1. The summed E-state index contributed by atoms with van der Waals surface area (Å²) in [4.78, 5) is 15.8. The largest absolute Gasteiger partial charge is 0.486 e. The lowest BCUT2D eigenvalue weighted by Gasteiger charge is -2.09. The molecule has 116 valence electrons. The van der Waals surface area contributed by atoms with Crippen molar-refractivity contribution >= 4 is 28.6 Å². The van der Waals surface area contributed by atoms with Gasteiger partial charge in [-0.3, -0.25) is 4.79 Å². The second kappa shape index (κ2) is 8.73. The van der Waals surface area contributed by atoms with E-state index in [4.69, 9.17) is 9.47 Å². The maximum atomic E-state index is 11.4. The molecule has 0 spiro atoms. The van der Waals surface area contributed by atoms with Crippen molar-refractivity contribution in [3.63, 3.8) is 0 Å². The van der Waals surface area contributed by atoms with Crippen LogP contribution in [0.1, 0.15) is 24.6 Å². The number of carbonyl (C=O) groups is 1. The Hall–Kier alpha value is -1.63. The summed E-state index contributed by atoms with van der Waals surface area (Å²) >= 11 is 2.15. The molecule has 1 aromatic heterocycles. The minimum Gasteiger partial charge on any atom is -0.486 e. The lowest BCUT2D eigenvalue weighted by molar-refractivity contribution is -0.143. The van der Waals surface area contributed by atoms with Gasteiger partial charge in [-0.1, -0.05) is 30.3 Å². The molecule has 1 aromatic carbocycles. The van der Waals surface area contributed by atoms with Crippen molar-refractivity contribution in [2.75, 3.05) is 6.61 Å². The van der Waals surface area contributed by atoms with Crippen molar-refractivity contribution < 1.29 is 14.3 Å². The Balaban J connectivity index is 1.90. The summed E-state index contributed by atoms with van der Waals surface area (Å²) in [6.45, 7) is 2.73. The lowest BCUT2D eigenvalue weighted by Crippen LogP contribution is -2.06. The smallest absolute Gasteiger partial charge is 0.306 e. The molecular weight excluding hydrogens is 393 g/mol. The highest BCUT2D eigenvalue weighted by Crippen LogP contribution is 2.21. The SMILES string of the molecule is CCOC(=O)CCc1ccc(OCc2ccccc2)c(I)n1. The number of aromatic nitrogens is 1. The van der Waals surface area contributed by atoms with Crippen LogP contribution in [0.15, 0.2) is 42.5 Å². The third kappa shape index (κ3) is 5.29. The normalized spacial score (nSPS) is 10.3. The number of esters is 1. The number of hydrogen-bond acceptors (Lipinski definition) is 4. The average molecular weight is 411 g/mol. The monoisotopic (exact) mass is 411 g/mol. The van der Waals surface area contributed by atoms with Crippen molar-refractivity contribution in [1.82, 2.24) is 4.98 Å². The number of carbonyl (C=O) groups excluding carboxylic acids is 1. The van der Waals surface area contributed by atoms with Crippen LogP contribution in [0.4, 0.5) is 0 Å². The van der Waals surface area contributed by atoms with Gasteiger partial charge in [-0.15, -0.1) is 0 Å². The van der Waals surface area contributed by atoms with Gasteiger partial charge in [0.05, 0.1) is 13.0 Å². The van der Waals surface area contributed by atoms with Crippen LogP contribution in [0.5, 0.6) is 5.75 Å². The molecule has 0 aliphatic heterocycles. The zero-order chi connectivity index (χ0) is 15.8. The van der Waals surface area contributed by atoms with Crippen LogP contribution in [-0.4, -0.2) is 17.6 Å². The summed E-state index contributed by atoms with van der Waals surface area (Å²) < 4.78 is 11.5. The number of ether oxygens (including phenoxy) is 2. The van der Waals surface area contributed by atoms with Gasteiger partial charge in [0.15, 0.2) is 5.75 Å². The van der Waals surface area contributed by atoms with Gasteiger partial charge < -0.3 is 9.47 Å². The molecule has 0 saturated carbocycles. The molecule has 4 nitrogen and oxygen atoms in total. The first kappa shape index (κ1) is 16.7. The lowest BCUT2D eigenvalue weighted by atomic mass is 10.2. The third-order valence-electron chi connectivity index (χ3n) is 3.00. The van der Waals surface area contributed by atoms with Crippen molar-refractivity contribution in [3.05, 3.63) is 57.4 Å². The van der Waals surface area contributed by atoms with Gasteiger partial charge in [0, 0.05) is 12.1 Å². The van der Waals surface area contributed by atoms with Crippen LogP contribution < -0.4 is 4.74 Å². The standard InChI is InChI=1S/C17H18INO3/c1-2-21-16(20)11-9-14-8-10-15(17(18)19-14)22-12-13-6-4-3-5-7-13/h3-8,10H,2,9,11-12H2,1H3. The van der Waals surface area contributed by atoms with E-state index in [-0.39, 0.29) is 5.97 Å². The van der Waals surface area contributed by atoms with Crippen LogP contribution in [0.3, 0.4) is 0 Å². The third-order valence-corrected chi connectivity index (χ3v) is 3.77. The van der Waals surface area contributed by atoms with E-state index in [1.165, 1.54) is 0 Å². The van der Waals surface area contributed by atoms with Crippen molar-refractivity contribution in [1.29, 1.82) is 0 Å². The highest BCUT2D eigenvalue weighted by atomic mass is 127. The van der Waals surface area contributed by atoms with Crippen LogP contribution in [-0.2, 0) is 22.6 Å². The Morgan fingerprint density at radius 2 is 1.95 bits per heavy atom. The van der Waals surface area contributed by atoms with Crippen LogP contribution in [0.25, 0.3) is 0 Å². The maximum absolute atomic E-state index is 11.4. The van der Waals surface area contributed by atoms with E-state index in [1.807, 2.05) is 42.5 Å². The molecule has 0 saturated heterocycles. The topological polar surface area (TPSA) is 48.4 Å². The predicted molar refractivity (Wildman–Crippen MR) is 92.7 cm³/mol. The van der Waals surface area contributed by atoms with E-state index in [0.29, 0.717) is 26.1 Å². The Morgan fingerprint density at radius 1 is 1.18 bits per heavy atom. The number of hydrogen-bond donors (Lipinski definition) is 0. The van der Waals surface area contributed by atoms with Gasteiger partial charge in [-0.2, -0.15) is 0 Å². The molecule has 0 fully saturated rings. The van der Waals surface area contributed by atoms with Crippen LogP contribution in [0.2, 0.25) is 0 Å². The summed E-state index contributed by atoms with van der Waals surface area (Å²) in [5.74, 6) is 0.563. The van der Waals surface area contributed by atoms with E-state index in [0.717, 1.165) is 20.7 Å². The molecule has 2 aromatic rings. The first-order valence-corrected chi connectivity index (χ1v) is 8.24. The highest BCUT2D eigenvalue weighted by molar-refractivity contribution is 14.1. The van der Waals surface area contributed by atoms with E-state index >= 15 is 0 Å². The average Bonchev–Trinajstić information content (AvgIpc) is 2.53. The van der Waals surface area contributed by atoms with E-state index in [9.17, 15) is 4.79 Å². The molecule has 0 bridgehead atoms. The second-order valence-corrected chi connectivity index (χ2v) is 5.69. The first-order valence-electron chi connectivity index (χ1n) is 7.17. The zero-order valence-electron chi connectivity index (χ0n) is 12.4. The molecule has 0 unspecified atom stereocenters. The molecule has 0 atom stereocenters. The van der Waals surface area contributed by atoms with Gasteiger partial charge in [0.25, 0.3) is 0 Å². The quantitative estimate of drug-likeness (QED) is 0.396. The summed E-state index contributed by atoms with van der Waals surface area (Å²) in [6, 6.07) is 13.8. The summed E-state index contributed by atoms with van der Waals surface area (Å²) in [5.41, 5.74) is 1.98. The van der Waals surface area contributed by atoms with Gasteiger partial charge in [-0.25, -0.2) is 4.98 Å². The summed E-state index contributed by atoms with van der Waals surface area (Å²) in [5, 5.41) is 0. The van der Waals surface area contributed by atoms with Crippen LogP contribution >= 0.6 is 22.6 Å². The Labute approximate surface area is 144 Å². The Kier molecular flexibility index (Phi) is 6.64. The van der Waals surface area contributed by atoms with E-state index in [2.05, 4.69) is 27.6 Å². The fourth-order valence-corrected chi connectivity index (χ4v) is 2.55. The molecule has 0 aliphatic rings. The second-order valence-electron chi connectivity index (χ2n) is 4.67. The number of benzene rings is 1. The molecule has 0 amide bonds. The molecule has 5 heteroatoms. The van der Waals surface area contributed by atoms with E-state index in [1.54, 1.807) is 6.92 Å². The highest BCUT2D eigenvalue weighted by Gasteiger charge is 2.07. The van der Waals surface area contributed by atoms with Gasteiger partial charge in [-0.05, 0) is 47.2 Å². The minimum absolute atomic E-state index is 0.191. The Morgan fingerprint density at radius 3 is 2.64 bits per heavy atom. The fraction of sp³-hybridized carbons (Fsp3) is 0.294. The number of rotatable bonds is 7. The van der Waals surface area contributed by atoms with Crippen molar-refractivity contribution in [2.24, 2.45) is 0 Å². The molecule has 22 heavy (non-hydrogen) atoms. The fourth-order valence-electron chi connectivity index (χ4n) is 1.90. The number of halogens is 1. The zero-order valence-corrected chi connectivity index (χ0v) is 14.6. The maximum Gasteiger partial charge on any atom is 0.306 e. The van der Waals surface area contributed by atoms with Crippen molar-refractivity contribution in [2.45, 2.75) is 26.4 Å². The summed E-state index contributed by atoms with van der Waals surface area (Å²) in [6.07, 6.45) is 0.926. The number of nitrogens with zero attached hydrogens (tertiary/aromatic N) is 1.